The van der Waals surface area contributed by atoms with Gasteiger partial charge in [-0.05, 0) is 66.6 Å². The lowest BCUT2D eigenvalue weighted by molar-refractivity contribution is -0.116. The van der Waals surface area contributed by atoms with E-state index < -0.39 is 5.25 Å². The van der Waals surface area contributed by atoms with E-state index in [0.29, 0.717) is 18.0 Å². The van der Waals surface area contributed by atoms with Gasteiger partial charge in [0.15, 0.2) is 5.58 Å². The molecule has 196 valence electrons. The van der Waals surface area contributed by atoms with Gasteiger partial charge < -0.3 is 15.1 Å². The number of amides is 2. The molecule has 0 aliphatic carbocycles. The lowest BCUT2D eigenvalue weighted by atomic mass is 10.1. The Morgan fingerprint density at radius 3 is 2.38 bits per heavy atom. The molecule has 0 fully saturated rings. The van der Waals surface area contributed by atoms with E-state index in [2.05, 4.69) is 22.5 Å². The first-order valence-electron chi connectivity index (χ1n) is 13.0. The van der Waals surface area contributed by atoms with Gasteiger partial charge in [-0.25, -0.2) is 4.98 Å². The van der Waals surface area contributed by atoms with Gasteiger partial charge in [-0.1, -0.05) is 61.9 Å². The Kier molecular flexibility index (Phi) is 8.39. The number of oxazole rings is 1. The lowest BCUT2D eigenvalue weighted by Gasteiger charge is -2.18. The molecule has 1 atom stereocenters. The molecule has 2 amide bonds. The number of carbonyl (C=O) groups excluding carboxylic acids is 2. The van der Waals surface area contributed by atoms with Crippen molar-refractivity contribution >= 4 is 46.1 Å². The number of carbonyl (C=O) groups is 2. The van der Waals surface area contributed by atoms with Crippen molar-refractivity contribution in [3.05, 3.63) is 109 Å². The monoisotopic (exact) mass is 535 g/mol. The summed E-state index contributed by atoms with van der Waals surface area (Å²) in [4.78, 5) is 31.2. The van der Waals surface area contributed by atoms with Crippen LogP contribution in [0.4, 0.5) is 11.4 Å². The summed E-state index contributed by atoms with van der Waals surface area (Å²) in [5.41, 5.74) is 4.66. The molecule has 0 radical (unpaired) electrons. The molecule has 6 nitrogen and oxygen atoms in total. The van der Waals surface area contributed by atoms with Crippen LogP contribution in [0.15, 0.2) is 112 Å². The quantitative estimate of drug-likeness (QED) is 0.177. The van der Waals surface area contributed by atoms with E-state index in [1.807, 2.05) is 103 Å². The predicted molar refractivity (Wildman–Crippen MR) is 158 cm³/mol. The fraction of sp³-hybridized carbons (Fsp3) is 0.156. The smallest absolute Gasteiger partial charge is 0.242 e. The number of unbranched alkanes of at least 4 members (excludes halogenated alkanes) is 1. The highest BCUT2D eigenvalue weighted by Gasteiger charge is 2.22. The van der Waals surface area contributed by atoms with E-state index >= 15 is 0 Å². The molecule has 39 heavy (non-hydrogen) atoms. The van der Waals surface area contributed by atoms with Crippen LogP contribution in [-0.2, 0) is 9.59 Å². The summed E-state index contributed by atoms with van der Waals surface area (Å²) in [5.74, 6) is 0.393. The van der Waals surface area contributed by atoms with E-state index in [9.17, 15) is 9.59 Å². The van der Waals surface area contributed by atoms with E-state index in [0.717, 1.165) is 45.7 Å². The predicted octanol–water partition coefficient (Wildman–Crippen LogP) is 8.10. The molecule has 0 saturated carbocycles. The van der Waals surface area contributed by atoms with E-state index in [1.165, 1.54) is 11.8 Å². The van der Waals surface area contributed by atoms with Crippen LogP contribution in [-0.4, -0.2) is 16.8 Å². The molecule has 5 rings (SSSR count). The molecule has 5 aromatic rings. The van der Waals surface area contributed by atoms with Gasteiger partial charge in [-0.2, -0.15) is 0 Å². The van der Waals surface area contributed by atoms with E-state index in [1.54, 1.807) is 0 Å². The summed E-state index contributed by atoms with van der Waals surface area (Å²) in [6.07, 6.45) is 2.32. The number of fused-ring (bicyclic) bond motifs is 1. The number of hydrogen-bond donors (Lipinski definition) is 2. The minimum Gasteiger partial charge on any atom is -0.436 e. The molecule has 1 unspecified atom stereocenters. The highest BCUT2D eigenvalue weighted by Crippen LogP contribution is 2.37. The Morgan fingerprint density at radius 2 is 1.62 bits per heavy atom. The number of para-hydroxylation sites is 2. The first-order valence-corrected chi connectivity index (χ1v) is 13.9. The van der Waals surface area contributed by atoms with Crippen LogP contribution in [0.3, 0.4) is 0 Å². The number of hydrogen-bond acceptors (Lipinski definition) is 5. The second-order valence-corrected chi connectivity index (χ2v) is 10.3. The number of benzene rings is 4. The minimum atomic E-state index is -0.492. The molecular weight excluding hydrogens is 506 g/mol. The maximum Gasteiger partial charge on any atom is 0.242 e. The van der Waals surface area contributed by atoms with Crippen molar-refractivity contribution in [2.75, 3.05) is 10.6 Å². The van der Waals surface area contributed by atoms with Gasteiger partial charge >= 0.3 is 0 Å². The SMILES string of the molecule is CCCCC(=O)Nc1cccc(SC(C(=O)Nc2ccc(-c3nc4ccccc4o3)cc2)c2ccccc2)c1. The fourth-order valence-electron chi connectivity index (χ4n) is 4.14. The zero-order chi connectivity index (χ0) is 27.0. The van der Waals surface area contributed by atoms with E-state index in [-0.39, 0.29) is 11.8 Å². The third kappa shape index (κ3) is 6.75. The number of aromatic nitrogens is 1. The number of nitrogens with zero attached hydrogens (tertiary/aromatic N) is 1. The van der Waals surface area contributed by atoms with Crippen molar-refractivity contribution in [3.8, 4) is 11.5 Å². The molecule has 7 heteroatoms. The molecule has 0 aliphatic rings. The second kappa shape index (κ2) is 12.5. The van der Waals surface area contributed by atoms with Crippen LogP contribution in [0.1, 0.15) is 37.0 Å². The van der Waals surface area contributed by atoms with Crippen molar-refractivity contribution in [3.63, 3.8) is 0 Å². The standard InChI is InChI=1S/C32H29N3O3S/c1-2-3-16-29(36)33-25-12-9-13-26(21-25)39-30(22-10-5-4-6-11-22)31(37)34-24-19-17-23(18-20-24)32-35-27-14-7-8-15-28(27)38-32/h4-15,17-21,30H,2-3,16H2,1H3,(H,33,36)(H,34,37). The van der Waals surface area contributed by atoms with Gasteiger partial charge in [-0.15, -0.1) is 11.8 Å². The fourth-order valence-corrected chi connectivity index (χ4v) is 5.23. The van der Waals surface area contributed by atoms with Crippen LogP contribution >= 0.6 is 11.8 Å². The summed E-state index contributed by atoms with van der Waals surface area (Å²) < 4.78 is 5.86. The summed E-state index contributed by atoms with van der Waals surface area (Å²) in [6.45, 7) is 2.06. The third-order valence-electron chi connectivity index (χ3n) is 6.16. The molecule has 1 heterocycles. The first-order chi connectivity index (χ1) is 19.1. The number of rotatable bonds is 10. The van der Waals surface area contributed by atoms with Crippen molar-refractivity contribution in [2.45, 2.75) is 36.3 Å². The summed E-state index contributed by atoms with van der Waals surface area (Å²) >= 11 is 1.44. The van der Waals surface area contributed by atoms with E-state index in [4.69, 9.17) is 4.42 Å². The van der Waals surface area contributed by atoms with Crippen molar-refractivity contribution < 1.29 is 14.0 Å². The normalized spacial score (nSPS) is 11.7. The highest BCUT2D eigenvalue weighted by molar-refractivity contribution is 8.00. The molecule has 0 saturated heterocycles. The van der Waals surface area contributed by atoms with Crippen LogP contribution in [0.2, 0.25) is 0 Å². The Morgan fingerprint density at radius 1 is 0.846 bits per heavy atom. The Balaban J connectivity index is 1.31. The summed E-state index contributed by atoms with van der Waals surface area (Å²) in [7, 11) is 0. The van der Waals surface area contributed by atoms with Crippen LogP contribution < -0.4 is 10.6 Å². The van der Waals surface area contributed by atoms with Crippen molar-refractivity contribution in [2.24, 2.45) is 0 Å². The Bertz CT molecular complexity index is 1530. The highest BCUT2D eigenvalue weighted by atomic mass is 32.2. The maximum atomic E-state index is 13.5. The lowest BCUT2D eigenvalue weighted by Crippen LogP contribution is -2.19. The van der Waals surface area contributed by atoms with Crippen LogP contribution in [0, 0.1) is 0 Å². The summed E-state index contributed by atoms with van der Waals surface area (Å²) in [5, 5.41) is 5.52. The van der Waals surface area contributed by atoms with Crippen molar-refractivity contribution in [1.82, 2.24) is 4.98 Å². The largest absolute Gasteiger partial charge is 0.436 e. The molecule has 4 aromatic carbocycles. The number of thioether (sulfide) groups is 1. The second-order valence-electron chi connectivity index (χ2n) is 9.14. The van der Waals surface area contributed by atoms with Gasteiger partial charge in [0, 0.05) is 28.3 Å². The topological polar surface area (TPSA) is 84.2 Å². The van der Waals surface area contributed by atoms with Gasteiger partial charge in [-0.3, -0.25) is 9.59 Å². The average molecular weight is 536 g/mol. The number of nitrogens with one attached hydrogen (secondary N) is 2. The van der Waals surface area contributed by atoms with Crippen molar-refractivity contribution in [1.29, 1.82) is 0 Å². The van der Waals surface area contributed by atoms with Gasteiger partial charge in [0.1, 0.15) is 10.8 Å². The average Bonchev–Trinajstić information content (AvgIpc) is 3.40. The Labute approximate surface area is 231 Å². The molecule has 2 N–H and O–H groups in total. The van der Waals surface area contributed by atoms with Gasteiger partial charge in [0.2, 0.25) is 17.7 Å². The molecule has 0 bridgehead atoms. The van der Waals surface area contributed by atoms with Crippen LogP contribution in [0.25, 0.3) is 22.6 Å². The zero-order valence-corrected chi connectivity index (χ0v) is 22.4. The van der Waals surface area contributed by atoms with Gasteiger partial charge in [0.05, 0.1) is 0 Å². The molecule has 0 aliphatic heterocycles. The molecule has 0 spiro atoms. The molecular formula is C32H29N3O3S. The third-order valence-corrected chi connectivity index (χ3v) is 7.41. The summed E-state index contributed by atoms with van der Waals surface area (Å²) in [6, 6.07) is 32.4. The maximum absolute atomic E-state index is 13.5. The molecule has 1 aromatic heterocycles. The number of anilines is 2. The minimum absolute atomic E-state index is 0.00218. The zero-order valence-electron chi connectivity index (χ0n) is 21.6. The first kappa shape index (κ1) is 26.3. The van der Waals surface area contributed by atoms with Crippen LogP contribution in [0.5, 0.6) is 0 Å². The van der Waals surface area contributed by atoms with Gasteiger partial charge in [0.25, 0.3) is 0 Å². The Hall–Kier alpha value is -4.36.